The summed E-state index contributed by atoms with van der Waals surface area (Å²) in [7, 11) is 0. The minimum Gasteiger partial charge on any atom is -0.395 e. The van der Waals surface area contributed by atoms with Gasteiger partial charge in [-0.05, 0) is 61.1 Å². The molecule has 2 amide bonds. The molecule has 2 aromatic rings. The van der Waals surface area contributed by atoms with Crippen molar-refractivity contribution in [1.29, 1.82) is 0 Å². The summed E-state index contributed by atoms with van der Waals surface area (Å²) < 4.78 is 0. The van der Waals surface area contributed by atoms with E-state index in [0.717, 1.165) is 36.8 Å². The molecule has 0 saturated heterocycles. The third-order valence-corrected chi connectivity index (χ3v) is 7.28. The first-order chi connectivity index (χ1) is 20.4. The van der Waals surface area contributed by atoms with Gasteiger partial charge in [0.15, 0.2) is 0 Å². The summed E-state index contributed by atoms with van der Waals surface area (Å²) >= 11 is 0. The predicted molar refractivity (Wildman–Crippen MR) is 159 cm³/mol. The van der Waals surface area contributed by atoms with E-state index in [1.165, 1.54) is 9.80 Å². The highest BCUT2D eigenvalue weighted by Gasteiger charge is 2.20. The van der Waals surface area contributed by atoms with Gasteiger partial charge in [0, 0.05) is 56.4 Å². The molecule has 0 saturated carbocycles. The highest BCUT2D eigenvalue weighted by molar-refractivity contribution is 5.94. The molecule has 0 aliphatic heterocycles. The first kappa shape index (κ1) is 35.3. The Morgan fingerprint density at radius 3 is 1.10 bits per heavy atom. The van der Waals surface area contributed by atoms with Gasteiger partial charge in [-0.2, -0.15) is 0 Å². The zero-order valence-corrected chi connectivity index (χ0v) is 24.4. The molecule has 0 atom stereocenters. The molecular weight excluding hydrogens is 542 g/mol. The Bertz CT molecular complexity index is 942. The number of nitrogens with zero attached hydrogens (tertiary/aromatic N) is 3. The number of carbonyl (C=O) groups excluding carboxylic acids is 2. The van der Waals surface area contributed by atoms with Crippen molar-refractivity contribution < 1.29 is 40.2 Å². The van der Waals surface area contributed by atoms with Crippen molar-refractivity contribution in [2.45, 2.75) is 31.7 Å². The van der Waals surface area contributed by atoms with Gasteiger partial charge < -0.3 is 40.4 Å². The number of hydrogen-bond donors (Lipinski definition) is 6. The van der Waals surface area contributed by atoms with Crippen LogP contribution in [0.4, 0.5) is 0 Å². The Morgan fingerprint density at radius 2 is 0.810 bits per heavy atom. The fraction of sp³-hybridized carbons (Fsp3) is 0.548. The molecule has 0 heterocycles. The fourth-order valence-electron chi connectivity index (χ4n) is 5.02. The number of aliphatic hydroxyl groups is 6. The normalized spacial score (nSPS) is 11.3. The average molecular weight is 590 g/mol. The number of rotatable bonds is 21. The maximum atomic E-state index is 12.7. The van der Waals surface area contributed by atoms with Gasteiger partial charge in [0.05, 0.1) is 39.6 Å². The van der Waals surface area contributed by atoms with E-state index in [1.807, 2.05) is 24.3 Å². The van der Waals surface area contributed by atoms with Crippen LogP contribution in [-0.2, 0) is 12.8 Å². The van der Waals surface area contributed by atoms with E-state index in [4.69, 9.17) is 0 Å². The zero-order valence-electron chi connectivity index (χ0n) is 24.4. The van der Waals surface area contributed by atoms with Crippen molar-refractivity contribution >= 4 is 11.8 Å². The molecule has 2 aromatic carbocycles. The Morgan fingerprint density at radius 1 is 0.500 bits per heavy atom. The molecular formula is C31H47N3O8. The van der Waals surface area contributed by atoms with Crippen LogP contribution in [0, 0.1) is 0 Å². The lowest BCUT2D eigenvalue weighted by atomic mass is 9.96. The Balaban J connectivity index is 2.07. The Hall–Kier alpha value is -2.90. The van der Waals surface area contributed by atoms with Gasteiger partial charge in [0.2, 0.25) is 0 Å². The Labute approximate surface area is 248 Å². The van der Waals surface area contributed by atoms with Crippen LogP contribution >= 0.6 is 0 Å². The van der Waals surface area contributed by atoms with Crippen molar-refractivity contribution in [2.24, 2.45) is 0 Å². The van der Waals surface area contributed by atoms with Gasteiger partial charge in [-0.15, -0.1) is 0 Å². The molecule has 11 heteroatoms. The summed E-state index contributed by atoms with van der Waals surface area (Å²) in [6.07, 6.45) is 2.98. The molecule has 234 valence electrons. The van der Waals surface area contributed by atoms with Crippen LogP contribution in [0.3, 0.4) is 0 Å². The highest BCUT2D eigenvalue weighted by atomic mass is 16.3. The van der Waals surface area contributed by atoms with E-state index in [2.05, 4.69) is 4.90 Å². The van der Waals surface area contributed by atoms with Crippen LogP contribution in [0.1, 0.15) is 44.7 Å². The SMILES string of the molecule is O=C(c1ccc(CCC(CCc2ccc(C(=O)N(CCO)CCO)cc2)N(CCO)CCO)cc1)N(CCO)CCO. The predicted octanol–water partition coefficient (Wildman–Crippen LogP) is -0.239. The summed E-state index contributed by atoms with van der Waals surface area (Å²) in [5, 5.41) is 56.1. The molecule has 0 aromatic heterocycles. The van der Waals surface area contributed by atoms with Crippen molar-refractivity contribution in [1.82, 2.24) is 14.7 Å². The molecule has 42 heavy (non-hydrogen) atoms. The molecule has 0 spiro atoms. The monoisotopic (exact) mass is 589 g/mol. The van der Waals surface area contributed by atoms with E-state index in [0.29, 0.717) is 24.2 Å². The summed E-state index contributed by atoms with van der Waals surface area (Å²) in [4.78, 5) is 30.3. The number of benzene rings is 2. The number of hydrogen-bond acceptors (Lipinski definition) is 9. The van der Waals surface area contributed by atoms with Crippen LogP contribution in [-0.4, -0.2) is 142 Å². The number of amides is 2. The van der Waals surface area contributed by atoms with Gasteiger partial charge in [-0.25, -0.2) is 0 Å². The topological polar surface area (TPSA) is 165 Å². The first-order valence-electron chi connectivity index (χ1n) is 14.6. The lowest BCUT2D eigenvalue weighted by Gasteiger charge is -2.31. The summed E-state index contributed by atoms with van der Waals surface area (Å²) in [5.74, 6) is -0.497. The number of carbonyl (C=O) groups is 2. The van der Waals surface area contributed by atoms with E-state index >= 15 is 0 Å². The molecule has 0 unspecified atom stereocenters. The lowest BCUT2D eigenvalue weighted by molar-refractivity contribution is 0.0680. The minimum absolute atomic E-state index is 0.0273. The summed E-state index contributed by atoms with van der Waals surface area (Å²) in [5.41, 5.74) is 3.05. The second kappa shape index (κ2) is 20.1. The van der Waals surface area contributed by atoms with Gasteiger partial charge >= 0.3 is 0 Å². The van der Waals surface area contributed by atoms with Crippen molar-refractivity contribution in [3.63, 3.8) is 0 Å². The van der Waals surface area contributed by atoms with Crippen LogP contribution in [0.5, 0.6) is 0 Å². The van der Waals surface area contributed by atoms with Gasteiger partial charge in [0.1, 0.15) is 0 Å². The van der Waals surface area contributed by atoms with Crippen LogP contribution in [0.25, 0.3) is 0 Å². The van der Waals surface area contributed by atoms with Crippen molar-refractivity contribution in [3.8, 4) is 0 Å². The maximum Gasteiger partial charge on any atom is 0.254 e. The number of aryl methyl sites for hydroxylation is 2. The summed E-state index contributed by atoms with van der Waals surface area (Å²) in [6.45, 7) is 0.697. The van der Waals surface area contributed by atoms with Gasteiger partial charge in [-0.3, -0.25) is 14.5 Å². The van der Waals surface area contributed by atoms with Crippen LogP contribution < -0.4 is 0 Å². The second-order valence-corrected chi connectivity index (χ2v) is 10.1. The van der Waals surface area contributed by atoms with E-state index in [9.17, 15) is 40.2 Å². The smallest absolute Gasteiger partial charge is 0.254 e. The summed E-state index contributed by atoms with van der Waals surface area (Å²) in [6, 6.07) is 14.7. The Kier molecular flexibility index (Phi) is 16.9. The van der Waals surface area contributed by atoms with Crippen molar-refractivity contribution in [3.05, 3.63) is 70.8 Å². The van der Waals surface area contributed by atoms with Crippen molar-refractivity contribution in [2.75, 3.05) is 78.9 Å². The van der Waals surface area contributed by atoms with Gasteiger partial charge in [-0.1, -0.05) is 24.3 Å². The molecule has 0 fully saturated rings. The van der Waals surface area contributed by atoms with Crippen LogP contribution in [0.15, 0.2) is 48.5 Å². The highest BCUT2D eigenvalue weighted by Crippen LogP contribution is 2.18. The molecule has 6 N–H and O–H groups in total. The van der Waals surface area contributed by atoms with Gasteiger partial charge in [0.25, 0.3) is 11.8 Å². The molecule has 0 radical (unpaired) electrons. The third-order valence-electron chi connectivity index (χ3n) is 7.28. The molecule has 0 aliphatic rings. The quantitative estimate of drug-likeness (QED) is 0.115. The largest absolute Gasteiger partial charge is 0.395 e. The molecule has 0 bridgehead atoms. The van der Waals surface area contributed by atoms with E-state index < -0.39 is 0 Å². The standard InChI is InChI=1S/C31H47N3O8/c35-19-13-32(14-20-36)29(11-5-25-1-7-27(8-2-25)30(41)33(15-21-37)16-22-38)12-6-26-3-9-28(10-4-26)31(42)34(17-23-39)18-24-40/h1-4,7-10,29,35-40H,5-6,11-24H2. The molecule has 2 rings (SSSR count). The number of aliphatic hydroxyl groups excluding tert-OH is 6. The fourth-order valence-corrected chi connectivity index (χ4v) is 5.02. The minimum atomic E-state index is -0.248. The van der Waals surface area contributed by atoms with E-state index in [-0.39, 0.29) is 83.7 Å². The van der Waals surface area contributed by atoms with E-state index in [1.54, 1.807) is 24.3 Å². The molecule has 11 nitrogen and oxygen atoms in total. The van der Waals surface area contributed by atoms with Crippen LogP contribution in [0.2, 0.25) is 0 Å². The lowest BCUT2D eigenvalue weighted by Crippen LogP contribution is -2.40. The average Bonchev–Trinajstić information content (AvgIpc) is 3.01. The first-order valence-corrected chi connectivity index (χ1v) is 14.6. The molecule has 0 aliphatic carbocycles. The third kappa shape index (κ3) is 11.4. The zero-order chi connectivity index (χ0) is 30.7. The maximum absolute atomic E-state index is 12.7. The second-order valence-electron chi connectivity index (χ2n) is 10.1.